The van der Waals surface area contributed by atoms with E-state index in [1.807, 2.05) is 38.1 Å². The van der Waals surface area contributed by atoms with Crippen LogP contribution in [0.25, 0.3) is 11.1 Å². The van der Waals surface area contributed by atoms with E-state index in [1.54, 1.807) is 24.3 Å². The predicted molar refractivity (Wildman–Crippen MR) is 115 cm³/mol. The van der Waals surface area contributed by atoms with Gasteiger partial charge in [-0.15, -0.1) is 0 Å². The maximum atomic E-state index is 12.4. The largest absolute Gasteiger partial charge is 0.491 e. The highest BCUT2D eigenvalue weighted by atomic mass is 16.5. The smallest absolute Gasteiger partial charge is 0.233 e. The summed E-state index contributed by atoms with van der Waals surface area (Å²) in [5.74, 6) is -0.159. The van der Waals surface area contributed by atoms with Crippen molar-refractivity contribution in [2.45, 2.75) is 32.7 Å². The molecule has 2 aromatic rings. The molecule has 1 aliphatic rings. The van der Waals surface area contributed by atoms with Crippen LogP contribution in [-0.2, 0) is 14.4 Å². The molecular weight excluding hydrogens is 410 g/mol. The molecule has 1 atom stereocenters. The number of benzene rings is 2. The monoisotopic (exact) mass is 435 g/mol. The summed E-state index contributed by atoms with van der Waals surface area (Å²) in [7, 11) is 0. The van der Waals surface area contributed by atoms with Crippen LogP contribution in [0.5, 0.6) is 5.75 Å². The lowest BCUT2D eigenvalue weighted by molar-refractivity contribution is -0.171. The second-order valence-electron chi connectivity index (χ2n) is 8.58. The maximum Gasteiger partial charge on any atom is 0.233 e. The molecule has 0 bridgehead atoms. The number of ether oxygens (including phenoxy) is 1. The van der Waals surface area contributed by atoms with Crippen molar-refractivity contribution in [3.05, 3.63) is 54.1 Å². The molecule has 166 valence electrons. The minimum Gasteiger partial charge on any atom is -0.491 e. The number of piperidine rings is 1. The van der Waals surface area contributed by atoms with Crippen molar-refractivity contribution < 1.29 is 24.3 Å². The fraction of sp³-hybridized carbons (Fsp3) is 0.333. The molecule has 1 fully saturated rings. The first kappa shape index (κ1) is 23.0. The standard InChI is InChI=1S/C24H25N3O5/c1-24(2)11-22(29)26(23(30)12-24)14-20(27(31)16-28)15-32-21-9-7-19(8-10-21)18-5-3-17(13-25)4-6-18/h3-10,16,20,31H,11-12,14-15H2,1-2H3. The van der Waals surface area contributed by atoms with Crippen molar-refractivity contribution in [3.63, 3.8) is 0 Å². The van der Waals surface area contributed by atoms with Gasteiger partial charge in [-0.2, -0.15) is 5.26 Å². The molecular formula is C24H25N3O5. The Labute approximate surface area is 186 Å². The molecule has 0 aromatic heterocycles. The van der Waals surface area contributed by atoms with Crippen LogP contribution in [0.3, 0.4) is 0 Å². The summed E-state index contributed by atoms with van der Waals surface area (Å²) in [6.45, 7) is 3.45. The molecule has 32 heavy (non-hydrogen) atoms. The second-order valence-corrected chi connectivity index (χ2v) is 8.58. The zero-order valence-corrected chi connectivity index (χ0v) is 18.0. The molecule has 8 heteroatoms. The first-order chi connectivity index (χ1) is 15.2. The van der Waals surface area contributed by atoms with E-state index in [0.29, 0.717) is 16.4 Å². The van der Waals surface area contributed by atoms with Crippen LogP contribution in [-0.4, -0.2) is 52.6 Å². The minimum atomic E-state index is -0.903. The molecule has 0 radical (unpaired) electrons. The second kappa shape index (κ2) is 9.62. The van der Waals surface area contributed by atoms with Crippen molar-refractivity contribution in [2.75, 3.05) is 13.2 Å². The summed E-state index contributed by atoms with van der Waals surface area (Å²) in [6, 6.07) is 15.5. The van der Waals surface area contributed by atoms with Gasteiger partial charge in [-0.05, 0) is 40.8 Å². The number of rotatable bonds is 8. The molecule has 1 saturated heterocycles. The van der Waals surface area contributed by atoms with Gasteiger partial charge in [0.05, 0.1) is 18.2 Å². The summed E-state index contributed by atoms with van der Waals surface area (Å²) < 4.78 is 5.72. The van der Waals surface area contributed by atoms with Crippen LogP contribution < -0.4 is 4.74 Å². The van der Waals surface area contributed by atoms with Crippen molar-refractivity contribution >= 4 is 18.2 Å². The number of likely N-dealkylation sites (tertiary alicyclic amines) is 1. The highest BCUT2D eigenvalue weighted by molar-refractivity contribution is 5.98. The molecule has 3 rings (SSSR count). The first-order valence-corrected chi connectivity index (χ1v) is 10.2. The quantitative estimate of drug-likeness (QED) is 0.295. The Morgan fingerprint density at radius 3 is 2.12 bits per heavy atom. The van der Waals surface area contributed by atoms with Gasteiger partial charge < -0.3 is 4.74 Å². The van der Waals surface area contributed by atoms with Crippen LogP contribution in [0, 0.1) is 16.7 Å². The van der Waals surface area contributed by atoms with E-state index in [9.17, 15) is 19.6 Å². The molecule has 0 aliphatic carbocycles. The minimum absolute atomic E-state index is 0.105. The van der Waals surface area contributed by atoms with Gasteiger partial charge >= 0.3 is 0 Å². The van der Waals surface area contributed by atoms with Crippen molar-refractivity contribution in [1.82, 2.24) is 9.96 Å². The number of imide groups is 1. The lowest BCUT2D eigenvalue weighted by atomic mass is 9.81. The van der Waals surface area contributed by atoms with Crippen LogP contribution in [0.15, 0.2) is 48.5 Å². The summed E-state index contributed by atoms with van der Waals surface area (Å²) in [4.78, 5) is 37.0. The number of hydrogen-bond donors (Lipinski definition) is 1. The van der Waals surface area contributed by atoms with Gasteiger partial charge in [0, 0.05) is 12.8 Å². The van der Waals surface area contributed by atoms with Crippen LogP contribution >= 0.6 is 0 Å². The SMILES string of the molecule is CC1(C)CC(=O)N(CC(COc2ccc(-c3ccc(C#N)cc3)cc2)N(O)C=O)C(=O)C1. The van der Waals surface area contributed by atoms with Gasteiger partial charge in [0.15, 0.2) is 0 Å². The average Bonchev–Trinajstić information content (AvgIpc) is 2.77. The molecule has 1 unspecified atom stereocenters. The Balaban J connectivity index is 1.65. The molecule has 2 aromatic carbocycles. The number of amides is 3. The van der Waals surface area contributed by atoms with E-state index in [4.69, 9.17) is 10.00 Å². The fourth-order valence-corrected chi connectivity index (χ4v) is 3.60. The number of hydrogen-bond acceptors (Lipinski definition) is 6. The van der Waals surface area contributed by atoms with Gasteiger partial charge in [0.2, 0.25) is 18.2 Å². The molecule has 0 saturated carbocycles. The third-order valence-corrected chi connectivity index (χ3v) is 5.38. The van der Waals surface area contributed by atoms with E-state index < -0.39 is 11.5 Å². The molecule has 1 heterocycles. The van der Waals surface area contributed by atoms with E-state index in [1.165, 1.54) is 0 Å². The lowest BCUT2D eigenvalue weighted by Crippen LogP contribution is -2.53. The van der Waals surface area contributed by atoms with Crippen molar-refractivity contribution in [2.24, 2.45) is 5.41 Å². The first-order valence-electron chi connectivity index (χ1n) is 10.2. The lowest BCUT2D eigenvalue weighted by Gasteiger charge is -2.37. The summed E-state index contributed by atoms with van der Waals surface area (Å²) in [5.41, 5.74) is 2.05. The highest BCUT2D eigenvalue weighted by Gasteiger charge is 2.39. The van der Waals surface area contributed by atoms with Gasteiger partial charge in [-0.1, -0.05) is 38.1 Å². The Hall–Kier alpha value is -3.70. The Morgan fingerprint density at radius 1 is 1.09 bits per heavy atom. The number of nitrogens with zero attached hydrogens (tertiary/aromatic N) is 3. The molecule has 1 aliphatic heterocycles. The summed E-state index contributed by atoms with van der Waals surface area (Å²) in [5, 5.41) is 19.3. The van der Waals surface area contributed by atoms with E-state index in [0.717, 1.165) is 16.0 Å². The van der Waals surface area contributed by atoms with Gasteiger partial charge in [-0.25, -0.2) is 5.06 Å². The molecule has 8 nitrogen and oxygen atoms in total. The summed E-state index contributed by atoms with van der Waals surface area (Å²) in [6.07, 6.45) is 0.663. The maximum absolute atomic E-state index is 12.4. The van der Waals surface area contributed by atoms with Gasteiger partial charge in [0.25, 0.3) is 0 Å². The van der Waals surface area contributed by atoms with E-state index >= 15 is 0 Å². The average molecular weight is 435 g/mol. The highest BCUT2D eigenvalue weighted by Crippen LogP contribution is 2.31. The zero-order valence-electron chi connectivity index (χ0n) is 18.0. The topological polar surface area (TPSA) is 111 Å². The molecule has 3 amide bonds. The number of carbonyl (C=O) groups is 3. The Morgan fingerprint density at radius 2 is 1.62 bits per heavy atom. The van der Waals surface area contributed by atoms with Crippen molar-refractivity contribution in [1.29, 1.82) is 5.26 Å². The third kappa shape index (κ3) is 5.50. The van der Waals surface area contributed by atoms with Crippen molar-refractivity contribution in [3.8, 4) is 22.9 Å². The van der Waals surface area contributed by atoms with Gasteiger partial charge in [-0.3, -0.25) is 24.5 Å². The van der Waals surface area contributed by atoms with Gasteiger partial charge in [0.1, 0.15) is 18.4 Å². The Kier molecular flexibility index (Phi) is 6.91. The zero-order chi connectivity index (χ0) is 23.3. The molecule has 1 N–H and O–H groups in total. The van der Waals surface area contributed by atoms with Crippen LogP contribution in [0.4, 0.5) is 0 Å². The molecule has 0 spiro atoms. The number of carbonyl (C=O) groups excluding carboxylic acids is 3. The van der Waals surface area contributed by atoms with Crippen LogP contribution in [0.2, 0.25) is 0 Å². The van der Waals surface area contributed by atoms with E-state index in [2.05, 4.69) is 6.07 Å². The normalized spacial score (nSPS) is 16.2. The van der Waals surface area contributed by atoms with E-state index in [-0.39, 0.29) is 44.2 Å². The number of nitriles is 1. The Bertz CT molecular complexity index is 1010. The summed E-state index contributed by atoms with van der Waals surface area (Å²) >= 11 is 0. The van der Waals surface area contributed by atoms with Crippen LogP contribution in [0.1, 0.15) is 32.3 Å². The predicted octanol–water partition coefficient (Wildman–Crippen LogP) is 3.00. The third-order valence-electron chi connectivity index (χ3n) is 5.38. The number of hydroxylamine groups is 2. The fourth-order valence-electron chi connectivity index (χ4n) is 3.60.